The Morgan fingerprint density at radius 2 is 1.00 bits per heavy atom. The number of halogens is 2. The molecule has 0 N–H and O–H groups in total. The zero-order valence-electron chi connectivity index (χ0n) is 14.8. The zero-order valence-corrected chi connectivity index (χ0v) is 16.3. The molecule has 132 valence electrons. The van der Waals surface area contributed by atoms with E-state index in [0.717, 1.165) is 6.42 Å². The third-order valence-corrected chi connectivity index (χ3v) is 4.62. The van der Waals surface area contributed by atoms with Crippen LogP contribution in [0.25, 0.3) is 0 Å². The molecule has 0 aliphatic heterocycles. The first-order chi connectivity index (χ1) is 10.8. The fraction of sp³-hybridized carbons (Fsp3) is 0.900. The van der Waals surface area contributed by atoms with E-state index in [0.29, 0.717) is 0 Å². The van der Waals surface area contributed by atoms with Crippen LogP contribution in [0, 0.1) is 0 Å². The van der Waals surface area contributed by atoms with Gasteiger partial charge in [-0.1, -0.05) is 89.7 Å². The third-order valence-electron chi connectivity index (χ3n) is 4.18. The van der Waals surface area contributed by atoms with Crippen molar-refractivity contribution in [2.24, 2.45) is 0 Å². The van der Waals surface area contributed by atoms with E-state index in [1.807, 2.05) is 0 Å². The van der Waals surface area contributed by atoms with E-state index in [9.17, 15) is 0 Å². The molecule has 0 rings (SSSR count). The number of unbranched alkanes of at least 4 members (excludes halogenated alkanes) is 13. The van der Waals surface area contributed by atoms with Gasteiger partial charge in [0.05, 0.1) is 0 Å². The van der Waals surface area contributed by atoms with Gasteiger partial charge in [-0.2, -0.15) is 0 Å². The summed E-state index contributed by atoms with van der Waals surface area (Å²) in [5.41, 5.74) is 0. The van der Waals surface area contributed by atoms with Crippen LogP contribution in [0.1, 0.15) is 110 Å². The highest BCUT2D eigenvalue weighted by Gasteiger charge is 1.97. The van der Waals surface area contributed by atoms with Crippen LogP contribution in [0.15, 0.2) is 12.2 Å². The fourth-order valence-corrected chi connectivity index (χ4v) is 3.03. The summed E-state index contributed by atoms with van der Waals surface area (Å²) in [5.74, 6) is 0. The SMILES string of the molecule is CCCCCCCCCC/C=C/CCCCCCCC(Cl)Cl. The first-order valence-corrected chi connectivity index (χ1v) is 10.6. The lowest BCUT2D eigenvalue weighted by molar-refractivity contribution is 0.577. The third kappa shape index (κ3) is 20.3. The summed E-state index contributed by atoms with van der Waals surface area (Å²) >= 11 is 11.4. The van der Waals surface area contributed by atoms with Crippen molar-refractivity contribution in [1.82, 2.24) is 0 Å². The average Bonchev–Trinajstić information content (AvgIpc) is 2.50. The van der Waals surface area contributed by atoms with Crippen molar-refractivity contribution in [3.63, 3.8) is 0 Å². The summed E-state index contributed by atoms with van der Waals surface area (Å²) in [6.07, 6.45) is 26.0. The molecule has 0 aromatic carbocycles. The molecule has 0 aliphatic rings. The minimum absolute atomic E-state index is 0.167. The second-order valence-corrected chi connectivity index (χ2v) is 7.75. The monoisotopic (exact) mass is 348 g/mol. The molecule has 2 heteroatoms. The summed E-state index contributed by atoms with van der Waals surface area (Å²) < 4.78 is 0. The number of rotatable bonds is 17. The molecule has 0 spiro atoms. The van der Waals surface area contributed by atoms with Crippen molar-refractivity contribution >= 4 is 23.2 Å². The molecule has 0 heterocycles. The fourth-order valence-electron chi connectivity index (χ4n) is 2.72. The Morgan fingerprint density at radius 1 is 0.591 bits per heavy atom. The zero-order chi connectivity index (χ0) is 16.3. The molecule has 0 radical (unpaired) electrons. The lowest BCUT2D eigenvalue weighted by Crippen LogP contribution is -1.86. The Kier molecular flexibility index (Phi) is 19.6. The minimum atomic E-state index is -0.167. The normalized spacial score (nSPS) is 11.8. The predicted octanol–water partition coefficient (Wildman–Crippen LogP) is 8.61. The Hall–Kier alpha value is 0.320. The Bertz CT molecular complexity index is 224. The van der Waals surface area contributed by atoms with Gasteiger partial charge in [-0.25, -0.2) is 0 Å². The summed E-state index contributed by atoms with van der Waals surface area (Å²) in [4.78, 5) is -0.167. The molecule has 0 aliphatic carbocycles. The average molecular weight is 349 g/mol. The predicted molar refractivity (Wildman–Crippen MR) is 104 cm³/mol. The smallest absolute Gasteiger partial charge is 0.105 e. The van der Waals surface area contributed by atoms with Crippen LogP contribution in [0.4, 0.5) is 0 Å². The topological polar surface area (TPSA) is 0 Å². The number of hydrogen-bond acceptors (Lipinski definition) is 0. The number of hydrogen-bond donors (Lipinski definition) is 0. The van der Waals surface area contributed by atoms with Gasteiger partial charge in [0, 0.05) is 0 Å². The van der Waals surface area contributed by atoms with Gasteiger partial charge in [0.1, 0.15) is 4.84 Å². The molecule has 0 amide bonds. The van der Waals surface area contributed by atoms with Crippen LogP contribution < -0.4 is 0 Å². The first-order valence-electron chi connectivity index (χ1n) is 9.70. The molecular formula is C20H38Cl2. The van der Waals surface area contributed by atoms with Gasteiger partial charge in [-0.3, -0.25) is 0 Å². The highest BCUT2D eigenvalue weighted by atomic mass is 35.5. The Labute approximate surface area is 150 Å². The van der Waals surface area contributed by atoms with E-state index in [1.54, 1.807) is 0 Å². The van der Waals surface area contributed by atoms with Gasteiger partial charge in [-0.15, -0.1) is 23.2 Å². The molecule has 0 saturated heterocycles. The van der Waals surface area contributed by atoms with Crippen molar-refractivity contribution in [1.29, 1.82) is 0 Å². The maximum Gasteiger partial charge on any atom is 0.107 e. The maximum atomic E-state index is 5.71. The summed E-state index contributed by atoms with van der Waals surface area (Å²) in [5, 5.41) is 0. The molecule has 0 aromatic rings. The molecule has 0 bridgehead atoms. The van der Waals surface area contributed by atoms with Crippen molar-refractivity contribution < 1.29 is 0 Å². The van der Waals surface area contributed by atoms with Crippen LogP contribution >= 0.6 is 23.2 Å². The van der Waals surface area contributed by atoms with E-state index in [1.165, 1.54) is 96.3 Å². The molecular weight excluding hydrogens is 311 g/mol. The van der Waals surface area contributed by atoms with Gasteiger partial charge in [0.25, 0.3) is 0 Å². The molecule has 0 aromatic heterocycles. The van der Waals surface area contributed by atoms with Gasteiger partial charge in [0.15, 0.2) is 0 Å². The summed E-state index contributed by atoms with van der Waals surface area (Å²) in [6.45, 7) is 2.28. The Balaban J connectivity index is 3.06. The molecule has 0 fully saturated rings. The quantitative estimate of drug-likeness (QED) is 0.140. The van der Waals surface area contributed by atoms with E-state index in [-0.39, 0.29) is 4.84 Å². The second kappa shape index (κ2) is 19.4. The molecule has 0 atom stereocenters. The van der Waals surface area contributed by atoms with Crippen LogP contribution in [-0.2, 0) is 0 Å². The van der Waals surface area contributed by atoms with Gasteiger partial charge < -0.3 is 0 Å². The lowest BCUT2D eigenvalue weighted by Gasteiger charge is -2.01. The van der Waals surface area contributed by atoms with Crippen molar-refractivity contribution in [2.75, 3.05) is 0 Å². The minimum Gasteiger partial charge on any atom is -0.105 e. The van der Waals surface area contributed by atoms with Crippen molar-refractivity contribution in [2.45, 2.75) is 114 Å². The van der Waals surface area contributed by atoms with E-state index < -0.39 is 0 Å². The van der Waals surface area contributed by atoms with Gasteiger partial charge in [-0.05, 0) is 32.1 Å². The molecule has 0 saturated carbocycles. The van der Waals surface area contributed by atoms with Crippen LogP contribution in [0.3, 0.4) is 0 Å². The van der Waals surface area contributed by atoms with Gasteiger partial charge in [0.2, 0.25) is 0 Å². The largest absolute Gasteiger partial charge is 0.107 e. The van der Waals surface area contributed by atoms with Crippen molar-refractivity contribution in [3.8, 4) is 0 Å². The van der Waals surface area contributed by atoms with E-state index >= 15 is 0 Å². The highest BCUT2D eigenvalue weighted by molar-refractivity contribution is 6.44. The molecule has 22 heavy (non-hydrogen) atoms. The van der Waals surface area contributed by atoms with E-state index in [2.05, 4.69) is 19.1 Å². The lowest BCUT2D eigenvalue weighted by atomic mass is 10.1. The number of alkyl halides is 2. The standard InChI is InChI=1S/C20H38Cl2/c1-2-3-4-5-6-7-8-9-10-11-12-13-14-15-16-17-18-19-20(21)22/h11-12,20H,2-10,13-19H2,1H3/b12-11+. The maximum absolute atomic E-state index is 5.71. The van der Waals surface area contributed by atoms with Crippen LogP contribution in [0.2, 0.25) is 0 Å². The van der Waals surface area contributed by atoms with Crippen LogP contribution in [-0.4, -0.2) is 4.84 Å². The van der Waals surface area contributed by atoms with Crippen LogP contribution in [0.5, 0.6) is 0 Å². The van der Waals surface area contributed by atoms with E-state index in [4.69, 9.17) is 23.2 Å². The summed E-state index contributed by atoms with van der Waals surface area (Å²) in [6, 6.07) is 0. The number of allylic oxidation sites excluding steroid dienone is 2. The Morgan fingerprint density at radius 3 is 1.45 bits per heavy atom. The van der Waals surface area contributed by atoms with Gasteiger partial charge >= 0.3 is 0 Å². The van der Waals surface area contributed by atoms with Crippen molar-refractivity contribution in [3.05, 3.63) is 12.2 Å². The molecule has 0 nitrogen and oxygen atoms in total. The summed E-state index contributed by atoms with van der Waals surface area (Å²) in [7, 11) is 0. The first kappa shape index (κ1) is 22.3. The molecule has 0 unspecified atom stereocenters. The second-order valence-electron chi connectivity index (χ2n) is 6.47. The highest BCUT2D eigenvalue weighted by Crippen LogP contribution is 2.14.